The molecule has 0 aliphatic rings. The zero-order valence-electron chi connectivity index (χ0n) is 9.21. The molecule has 18 heavy (non-hydrogen) atoms. The lowest BCUT2D eigenvalue weighted by Gasteiger charge is -2.00. The molecular formula is C13H8BrClN2O. The van der Waals surface area contributed by atoms with Crippen molar-refractivity contribution in [2.75, 3.05) is 0 Å². The van der Waals surface area contributed by atoms with Crippen molar-refractivity contribution in [1.82, 2.24) is 4.98 Å². The fourth-order valence-electron chi connectivity index (χ4n) is 1.57. The van der Waals surface area contributed by atoms with Gasteiger partial charge in [-0.05, 0) is 46.3 Å². The third-order valence-electron chi connectivity index (χ3n) is 2.43. The Hall–Kier alpha value is -1.57. The number of hydrogen-bond acceptors (Lipinski definition) is 2. The molecule has 5 heteroatoms. The highest BCUT2D eigenvalue weighted by molar-refractivity contribution is 9.10. The molecule has 0 aliphatic carbocycles. The molecular weight excluding hydrogens is 316 g/mol. The van der Waals surface area contributed by atoms with Crippen LogP contribution in [0.25, 0.3) is 0 Å². The molecule has 2 rings (SSSR count). The number of aromatic amines is 1. The Morgan fingerprint density at radius 3 is 2.67 bits per heavy atom. The van der Waals surface area contributed by atoms with E-state index in [1.165, 1.54) is 0 Å². The summed E-state index contributed by atoms with van der Waals surface area (Å²) in [6, 6.07) is 10.4. The van der Waals surface area contributed by atoms with E-state index < -0.39 is 0 Å². The third-order valence-corrected chi connectivity index (χ3v) is 3.31. The molecule has 1 N–H and O–H groups in total. The summed E-state index contributed by atoms with van der Waals surface area (Å²) in [5, 5.41) is 9.21. The van der Waals surface area contributed by atoms with Gasteiger partial charge in [-0.2, -0.15) is 5.26 Å². The maximum absolute atomic E-state index is 12.2. The van der Waals surface area contributed by atoms with Crippen molar-refractivity contribution in [3.8, 4) is 6.07 Å². The van der Waals surface area contributed by atoms with Crippen molar-refractivity contribution in [3.05, 3.63) is 56.8 Å². The van der Waals surface area contributed by atoms with E-state index in [0.29, 0.717) is 26.4 Å². The summed E-state index contributed by atoms with van der Waals surface area (Å²) in [6.45, 7) is 0. The number of hydrogen-bond donors (Lipinski definition) is 1. The summed E-state index contributed by atoms with van der Waals surface area (Å²) in [4.78, 5) is 15.2. The number of nitrogens with zero attached hydrogens (tertiary/aromatic N) is 1. The highest BCUT2D eigenvalue weighted by Gasteiger charge is 2.15. The van der Waals surface area contributed by atoms with E-state index in [9.17, 15) is 4.79 Å². The van der Waals surface area contributed by atoms with Crippen molar-refractivity contribution in [2.45, 2.75) is 6.42 Å². The minimum atomic E-state index is -0.136. The van der Waals surface area contributed by atoms with Crippen LogP contribution in [-0.2, 0) is 6.42 Å². The van der Waals surface area contributed by atoms with Crippen molar-refractivity contribution in [1.29, 1.82) is 5.26 Å². The lowest BCUT2D eigenvalue weighted by atomic mass is 10.1. The van der Waals surface area contributed by atoms with Gasteiger partial charge in [-0.15, -0.1) is 0 Å². The standard InChI is InChI=1S/C13H8BrClN2O/c14-11-7-10(5-6-16)17-12(11)13(18)8-1-3-9(15)4-2-8/h1-4,7,17H,5H2. The fourth-order valence-corrected chi connectivity index (χ4v) is 2.25. The van der Waals surface area contributed by atoms with Crippen LogP contribution in [-0.4, -0.2) is 10.8 Å². The molecule has 0 bridgehead atoms. The number of H-pyrrole nitrogens is 1. The number of aromatic nitrogens is 1. The predicted octanol–water partition coefficient (Wildman–Crippen LogP) is 3.73. The van der Waals surface area contributed by atoms with E-state index in [0.717, 1.165) is 0 Å². The number of benzene rings is 1. The lowest BCUT2D eigenvalue weighted by molar-refractivity contribution is 0.103. The maximum Gasteiger partial charge on any atom is 0.210 e. The summed E-state index contributed by atoms with van der Waals surface area (Å²) < 4.78 is 0.660. The van der Waals surface area contributed by atoms with Gasteiger partial charge in [0.05, 0.1) is 12.5 Å². The van der Waals surface area contributed by atoms with Gasteiger partial charge in [-0.25, -0.2) is 0 Å². The van der Waals surface area contributed by atoms with Gasteiger partial charge in [0.1, 0.15) is 5.69 Å². The van der Waals surface area contributed by atoms with Crippen LogP contribution < -0.4 is 0 Å². The molecule has 0 spiro atoms. The molecule has 1 heterocycles. The summed E-state index contributed by atoms with van der Waals surface area (Å²) in [5.41, 5.74) is 1.70. The number of carbonyl (C=O) groups is 1. The Labute approximate surface area is 118 Å². The van der Waals surface area contributed by atoms with E-state index in [1.807, 2.05) is 6.07 Å². The van der Waals surface area contributed by atoms with Crippen LogP contribution in [0.3, 0.4) is 0 Å². The number of ketones is 1. The summed E-state index contributed by atoms with van der Waals surface area (Å²) in [7, 11) is 0. The van der Waals surface area contributed by atoms with E-state index in [4.69, 9.17) is 16.9 Å². The topological polar surface area (TPSA) is 56.6 Å². The summed E-state index contributed by atoms with van der Waals surface area (Å²) >= 11 is 9.09. The molecule has 0 saturated carbocycles. The van der Waals surface area contributed by atoms with Crippen LogP contribution in [0, 0.1) is 11.3 Å². The molecule has 0 saturated heterocycles. The SMILES string of the molecule is N#CCc1cc(Br)c(C(=O)c2ccc(Cl)cc2)[nH]1. The van der Waals surface area contributed by atoms with E-state index in [1.54, 1.807) is 30.3 Å². The first kappa shape index (κ1) is 12.9. The number of nitriles is 1. The molecule has 0 fully saturated rings. The second-order valence-corrected chi connectivity index (χ2v) is 4.98. The van der Waals surface area contributed by atoms with Crippen molar-refractivity contribution < 1.29 is 4.79 Å². The molecule has 1 aromatic carbocycles. The van der Waals surface area contributed by atoms with Gasteiger partial charge in [0.25, 0.3) is 0 Å². The average molecular weight is 324 g/mol. The second kappa shape index (κ2) is 5.38. The van der Waals surface area contributed by atoms with E-state index >= 15 is 0 Å². The Kier molecular flexibility index (Phi) is 3.85. The zero-order chi connectivity index (χ0) is 13.1. The van der Waals surface area contributed by atoms with Crippen LogP contribution in [0.2, 0.25) is 5.02 Å². The van der Waals surface area contributed by atoms with Crippen molar-refractivity contribution in [2.24, 2.45) is 0 Å². The number of nitrogens with one attached hydrogen (secondary N) is 1. The Bertz CT molecular complexity index is 625. The first-order chi connectivity index (χ1) is 8.61. The van der Waals surface area contributed by atoms with Crippen LogP contribution in [0.15, 0.2) is 34.8 Å². The van der Waals surface area contributed by atoms with Gasteiger partial charge in [-0.1, -0.05) is 11.6 Å². The molecule has 90 valence electrons. The summed E-state index contributed by atoms with van der Waals surface area (Å²) in [5.74, 6) is -0.136. The quantitative estimate of drug-likeness (QED) is 0.875. The Balaban J connectivity index is 2.34. The van der Waals surface area contributed by atoms with Crippen molar-refractivity contribution >= 4 is 33.3 Å². The molecule has 0 amide bonds. The van der Waals surface area contributed by atoms with Crippen LogP contribution >= 0.6 is 27.5 Å². The molecule has 0 unspecified atom stereocenters. The maximum atomic E-state index is 12.2. The molecule has 0 atom stereocenters. The summed E-state index contributed by atoms with van der Waals surface area (Å²) in [6.07, 6.45) is 0.243. The van der Waals surface area contributed by atoms with Gasteiger partial charge in [-0.3, -0.25) is 4.79 Å². The largest absolute Gasteiger partial charge is 0.354 e. The van der Waals surface area contributed by atoms with Crippen LogP contribution in [0.5, 0.6) is 0 Å². The molecule has 0 aliphatic heterocycles. The van der Waals surface area contributed by atoms with Gasteiger partial charge in [0.15, 0.2) is 0 Å². The first-order valence-corrected chi connectivity index (χ1v) is 6.33. The molecule has 1 aromatic heterocycles. The predicted molar refractivity (Wildman–Crippen MR) is 72.7 cm³/mol. The molecule has 0 radical (unpaired) electrons. The van der Waals surface area contributed by atoms with Gasteiger partial charge >= 0.3 is 0 Å². The highest BCUT2D eigenvalue weighted by Crippen LogP contribution is 2.22. The number of halogens is 2. The normalized spacial score (nSPS) is 10.1. The highest BCUT2D eigenvalue weighted by atomic mass is 79.9. The minimum Gasteiger partial charge on any atom is -0.354 e. The molecule has 2 aromatic rings. The Morgan fingerprint density at radius 2 is 2.06 bits per heavy atom. The van der Waals surface area contributed by atoms with E-state index in [2.05, 4.69) is 20.9 Å². The van der Waals surface area contributed by atoms with E-state index in [-0.39, 0.29) is 12.2 Å². The lowest BCUT2D eigenvalue weighted by Crippen LogP contribution is -2.02. The zero-order valence-corrected chi connectivity index (χ0v) is 11.5. The molecule has 3 nitrogen and oxygen atoms in total. The smallest absolute Gasteiger partial charge is 0.210 e. The average Bonchev–Trinajstić information content (AvgIpc) is 2.71. The number of carbonyl (C=O) groups excluding carboxylic acids is 1. The van der Waals surface area contributed by atoms with Crippen LogP contribution in [0.4, 0.5) is 0 Å². The van der Waals surface area contributed by atoms with Crippen LogP contribution in [0.1, 0.15) is 21.7 Å². The van der Waals surface area contributed by atoms with Gasteiger partial charge in [0, 0.05) is 20.8 Å². The van der Waals surface area contributed by atoms with Gasteiger partial charge < -0.3 is 4.98 Å². The number of rotatable bonds is 3. The van der Waals surface area contributed by atoms with Crippen molar-refractivity contribution in [3.63, 3.8) is 0 Å². The second-order valence-electron chi connectivity index (χ2n) is 3.69. The Morgan fingerprint density at radius 1 is 1.39 bits per heavy atom. The minimum absolute atomic E-state index is 0.136. The van der Waals surface area contributed by atoms with Gasteiger partial charge in [0.2, 0.25) is 5.78 Å². The monoisotopic (exact) mass is 322 g/mol. The first-order valence-electron chi connectivity index (χ1n) is 5.16. The fraction of sp³-hybridized carbons (Fsp3) is 0.0769. The third kappa shape index (κ3) is 2.63.